The number of nitrogens with one attached hydrogen (secondary N) is 1. The molecule has 6 nitrogen and oxygen atoms in total. The van der Waals surface area contributed by atoms with Crippen molar-refractivity contribution in [3.63, 3.8) is 0 Å². The Morgan fingerprint density at radius 2 is 2.38 bits per heavy atom. The Bertz CT molecular complexity index is 323. The van der Waals surface area contributed by atoms with E-state index in [9.17, 15) is 0 Å². The van der Waals surface area contributed by atoms with Crippen LogP contribution in [0.3, 0.4) is 0 Å². The van der Waals surface area contributed by atoms with E-state index in [1.165, 1.54) is 0 Å². The van der Waals surface area contributed by atoms with E-state index in [-0.39, 0.29) is 0 Å². The van der Waals surface area contributed by atoms with E-state index in [1.807, 2.05) is 4.68 Å². The van der Waals surface area contributed by atoms with E-state index in [0.29, 0.717) is 6.04 Å². The van der Waals surface area contributed by atoms with Gasteiger partial charge in [-0.15, -0.1) is 5.10 Å². The highest BCUT2D eigenvalue weighted by atomic mass is 15.5. The molecule has 1 aliphatic rings. The van der Waals surface area contributed by atoms with E-state index in [1.54, 1.807) is 0 Å². The van der Waals surface area contributed by atoms with Gasteiger partial charge in [-0.25, -0.2) is 4.68 Å². The maximum absolute atomic E-state index is 4.10. The van der Waals surface area contributed by atoms with Crippen LogP contribution in [0.5, 0.6) is 0 Å². The van der Waals surface area contributed by atoms with Crippen LogP contribution >= 0.6 is 0 Å². The van der Waals surface area contributed by atoms with Gasteiger partial charge in [0.25, 0.3) is 0 Å². The molecule has 1 aliphatic heterocycles. The zero-order valence-corrected chi connectivity index (χ0v) is 10.1. The van der Waals surface area contributed by atoms with Crippen molar-refractivity contribution in [1.29, 1.82) is 0 Å². The Balaban J connectivity index is 1.99. The SMILES string of the molecule is CCCn1nnnc1CN1CCNCC1C. The number of aromatic nitrogens is 4. The third-order valence-corrected chi connectivity index (χ3v) is 3.02. The summed E-state index contributed by atoms with van der Waals surface area (Å²) in [4.78, 5) is 2.42. The highest BCUT2D eigenvalue weighted by molar-refractivity contribution is 4.85. The first kappa shape index (κ1) is 11.5. The van der Waals surface area contributed by atoms with Gasteiger partial charge in [0.2, 0.25) is 0 Å². The fourth-order valence-electron chi connectivity index (χ4n) is 2.02. The van der Waals surface area contributed by atoms with Gasteiger partial charge >= 0.3 is 0 Å². The van der Waals surface area contributed by atoms with Crippen LogP contribution in [0.15, 0.2) is 0 Å². The summed E-state index contributed by atoms with van der Waals surface area (Å²) in [6.45, 7) is 9.31. The molecule has 2 rings (SSSR count). The lowest BCUT2D eigenvalue weighted by Crippen LogP contribution is -2.49. The fraction of sp³-hybridized carbons (Fsp3) is 0.900. The average molecular weight is 224 g/mol. The number of hydrogen-bond acceptors (Lipinski definition) is 5. The predicted octanol–water partition coefficient (Wildman–Crippen LogP) is -0.123. The summed E-state index contributed by atoms with van der Waals surface area (Å²) >= 11 is 0. The molecule has 0 aromatic carbocycles. The van der Waals surface area contributed by atoms with Crippen LogP contribution in [0.25, 0.3) is 0 Å². The molecule has 16 heavy (non-hydrogen) atoms. The monoisotopic (exact) mass is 224 g/mol. The Kier molecular flexibility index (Phi) is 3.84. The van der Waals surface area contributed by atoms with Gasteiger partial charge in [-0.2, -0.15) is 0 Å². The summed E-state index contributed by atoms with van der Waals surface area (Å²) in [6, 6.07) is 0.556. The molecule has 2 heterocycles. The molecule has 0 saturated carbocycles. The largest absolute Gasteiger partial charge is 0.314 e. The molecule has 1 unspecified atom stereocenters. The molecular formula is C10H20N6. The molecule has 90 valence electrons. The quantitative estimate of drug-likeness (QED) is 0.772. The fourth-order valence-corrected chi connectivity index (χ4v) is 2.02. The molecule has 1 atom stereocenters. The molecule has 0 aliphatic carbocycles. The zero-order valence-electron chi connectivity index (χ0n) is 10.1. The van der Waals surface area contributed by atoms with Crippen LogP contribution < -0.4 is 5.32 Å². The summed E-state index contributed by atoms with van der Waals surface area (Å²) < 4.78 is 1.91. The van der Waals surface area contributed by atoms with E-state index in [2.05, 4.69) is 39.6 Å². The summed E-state index contributed by atoms with van der Waals surface area (Å²) in [5, 5.41) is 15.2. The van der Waals surface area contributed by atoms with Gasteiger partial charge in [0, 0.05) is 32.2 Å². The second kappa shape index (κ2) is 5.36. The van der Waals surface area contributed by atoms with Crippen LogP contribution in [-0.4, -0.2) is 50.8 Å². The number of nitrogens with zero attached hydrogens (tertiary/aromatic N) is 5. The number of hydrogen-bond donors (Lipinski definition) is 1. The molecule has 1 aromatic rings. The third-order valence-electron chi connectivity index (χ3n) is 3.02. The topological polar surface area (TPSA) is 58.9 Å². The molecule has 0 amide bonds. The lowest BCUT2D eigenvalue weighted by atomic mass is 10.2. The summed E-state index contributed by atoms with van der Waals surface area (Å²) in [7, 11) is 0. The van der Waals surface area contributed by atoms with E-state index in [4.69, 9.17) is 0 Å². The Hall–Kier alpha value is -1.01. The number of aryl methyl sites for hydroxylation is 1. The molecular weight excluding hydrogens is 204 g/mol. The Morgan fingerprint density at radius 3 is 3.12 bits per heavy atom. The first-order valence-electron chi connectivity index (χ1n) is 6.01. The molecule has 0 spiro atoms. The minimum atomic E-state index is 0.556. The third kappa shape index (κ3) is 2.56. The Labute approximate surface area is 96.0 Å². The van der Waals surface area contributed by atoms with Crippen molar-refractivity contribution in [1.82, 2.24) is 30.4 Å². The highest BCUT2D eigenvalue weighted by Gasteiger charge is 2.20. The van der Waals surface area contributed by atoms with E-state index >= 15 is 0 Å². The second-order valence-corrected chi connectivity index (χ2v) is 4.34. The molecule has 6 heteroatoms. The van der Waals surface area contributed by atoms with Crippen molar-refractivity contribution in [3.8, 4) is 0 Å². The van der Waals surface area contributed by atoms with Gasteiger partial charge in [0.05, 0.1) is 6.54 Å². The van der Waals surface area contributed by atoms with Crippen LogP contribution in [0, 0.1) is 0 Å². The molecule has 0 bridgehead atoms. The molecule has 0 radical (unpaired) electrons. The van der Waals surface area contributed by atoms with Gasteiger partial charge < -0.3 is 5.32 Å². The average Bonchev–Trinajstić information content (AvgIpc) is 2.70. The highest BCUT2D eigenvalue weighted by Crippen LogP contribution is 2.07. The van der Waals surface area contributed by atoms with E-state index in [0.717, 1.165) is 45.0 Å². The number of rotatable bonds is 4. The normalized spacial score (nSPS) is 22.5. The first-order valence-corrected chi connectivity index (χ1v) is 6.01. The molecule has 1 aromatic heterocycles. The van der Waals surface area contributed by atoms with Crippen molar-refractivity contribution in [2.24, 2.45) is 0 Å². The summed E-state index contributed by atoms with van der Waals surface area (Å²) in [5.41, 5.74) is 0. The van der Waals surface area contributed by atoms with Gasteiger partial charge in [-0.1, -0.05) is 6.92 Å². The maximum Gasteiger partial charge on any atom is 0.165 e. The Morgan fingerprint density at radius 1 is 1.50 bits per heavy atom. The van der Waals surface area contributed by atoms with Crippen molar-refractivity contribution in [3.05, 3.63) is 5.82 Å². The lowest BCUT2D eigenvalue weighted by Gasteiger charge is -2.33. The van der Waals surface area contributed by atoms with Crippen LogP contribution in [0.4, 0.5) is 0 Å². The van der Waals surface area contributed by atoms with Crippen molar-refractivity contribution < 1.29 is 0 Å². The van der Waals surface area contributed by atoms with Gasteiger partial charge in [-0.05, 0) is 23.8 Å². The van der Waals surface area contributed by atoms with Crippen molar-refractivity contribution >= 4 is 0 Å². The standard InChI is InChI=1S/C10H20N6/c1-3-5-16-10(12-13-14-16)8-15-6-4-11-7-9(15)2/h9,11H,3-8H2,1-2H3. The summed E-state index contributed by atoms with van der Waals surface area (Å²) in [6.07, 6.45) is 1.06. The molecule has 1 saturated heterocycles. The van der Waals surface area contributed by atoms with Gasteiger partial charge in [0.1, 0.15) is 0 Å². The lowest BCUT2D eigenvalue weighted by molar-refractivity contribution is 0.159. The van der Waals surface area contributed by atoms with Crippen molar-refractivity contribution in [2.45, 2.75) is 39.4 Å². The first-order chi connectivity index (χ1) is 7.81. The predicted molar refractivity (Wildman–Crippen MR) is 60.8 cm³/mol. The minimum Gasteiger partial charge on any atom is -0.314 e. The number of piperazine rings is 1. The maximum atomic E-state index is 4.10. The van der Waals surface area contributed by atoms with Crippen LogP contribution in [0.2, 0.25) is 0 Å². The van der Waals surface area contributed by atoms with Gasteiger partial charge in [0.15, 0.2) is 5.82 Å². The molecule has 1 N–H and O–H groups in total. The number of tetrazole rings is 1. The smallest absolute Gasteiger partial charge is 0.165 e. The zero-order chi connectivity index (χ0) is 11.4. The second-order valence-electron chi connectivity index (χ2n) is 4.34. The summed E-state index contributed by atoms with van der Waals surface area (Å²) in [5.74, 6) is 0.982. The molecule has 1 fully saturated rings. The van der Waals surface area contributed by atoms with Crippen LogP contribution in [0.1, 0.15) is 26.1 Å². The minimum absolute atomic E-state index is 0.556. The van der Waals surface area contributed by atoms with Crippen LogP contribution in [-0.2, 0) is 13.1 Å². The van der Waals surface area contributed by atoms with E-state index < -0.39 is 0 Å². The van der Waals surface area contributed by atoms with Crippen molar-refractivity contribution in [2.75, 3.05) is 19.6 Å². The van der Waals surface area contributed by atoms with Gasteiger partial charge in [-0.3, -0.25) is 4.90 Å².